The molecule has 0 unspecified atom stereocenters. The summed E-state index contributed by atoms with van der Waals surface area (Å²) in [4.78, 5) is 48.1. The molecule has 12 nitrogen and oxygen atoms in total. The molecule has 0 spiro atoms. The summed E-state index contributed by atoms with van der Waals surface area (Å²) in [6, 6.07) is 3.52. The van der Waals surface area contributed by atoms with Crippen LogP contribution >= 0.6 is 11.3 Å². The van der Waals surface area contributed by atoms with Gasteiger partial charge in [0.05, 0.1) is 11.5 Å². The standard InChI is InChI=1S/C20H23N3O9S/c1-5-28-20(27)15-16(14-7-6-8-33-14)23(22-21-15)19-18(31-12(4)26)17(30-11(3)25)13(32-19)9-29-10(2)24/h6-8,13,17-19H,5,9H2,1-4H3/t13-,17-,18-,19-/m1/s1. The van der Waals surface area contributed by atoms with Gasteiger partial charge >= 0.3 is 23.9 Å². The molecule has 4 atom stereocenters. The first kappa shape index (κ1) is 24.3. The molecule has 2 aromatic rings. The van der Waals surface area contributed by atoms with Crippen molar-refractivity contribution >= 4 is 35.2 Å². The van der Waals surface area contributed by atoms with Crippen molar-refractivity contribution in [2.24, 2.45) is 0 Å². The quantitative estimate of drug-likeness (QED) is 0.399. The van der Waals surface area contributed by atoms with Gasteiger partial charge in [0.25, 0.3) is 0 Å². The minimum absolute atomic E-state index is 0.0584. The number of rotatable bonds is 8. The second-order valence-electron chi connectivity index (χ2n) is 6.94. The summed E-state index contributed by atoms with van der Waals surface area (Å²) in [5, 5.41) is 9.83. The molecule has 1 saturated heterocycles. The van der Waals surface area contributed by atoms with Crippen molar-refractivity contribution in [1.29, 1.82) is 0 Å². The molecule has 0 amide bonds. The Morgan fingerprint density at radius 2 is 1.76 bits per heavy atom. The molecule has 3 heterocycles. The van der Waals surface area contributed by atoms with Crippen LogP contribution in [0.2, 0.25) is 0 Å². The van der Waals surface area contributed by atoms with Crippen LogP contribution in [-0.2, 0) is 38.1 Å². The predicted octanol–water partition coefficient (Wildman–Crippen LogP) is 1.51. The van der Waals surface area contributed by atoms with E-state index in [1.807, 2.05) is 0 Å². The lowest BCUT2D eigenvalue weighted by Crippen LogP contribution is -2.40. The summed E-state index contributed by atoms with van der Waals surface area (Å²) >= 11 is 1.32. The van der Waals surface area contributed by atoms with E-state index in [0.29, 0.717) is 4.88 Å². The third kappa shape index (κ3) is 5.54. The fraction of sp³-hybridized carbons (Fsp3) is 0.500. The number of aromatic nitrogens is 3. The maximum atomic E-state index is 12.5. The van der Waals surface area contributed by atoms with Crippen LogP contribution in [0.1, 0.15) is 44.4 Å². The molecule has 1 aliphatic heterocycles. The van der Waals surface area contributed by atoms with Crippen LogP contribution in [0, 0.1) is 0 Å². The normalized spacial score (nSPS) is 21.9. The molecule has 0 radical (unpaired) electrons. The van der Waals surface area contributed by atoms with Gasteiger partial charge in [0, 0.05) is 20.8 Å². The number of carbonyl (C=O) groups is 4. The lowest BCUT2D eigenvalue weighted by Gasteiger charge is -2.23. The first-order valence-electron chi connectivity index (χ1n) is 10.0. The van der Waals surface area contributed by atoms with E-state index in [1.165, 1.54) is 36.8 Å². The molecule has 178 valence electrons. The molecule has 0 N–H and O–H groups in total. The molecule has 33 heavy (non-hydrogen) atoms. The first-order valence-corrected chi connectivity index (χ1v) is 10.9. The topological polar surface area (TPSA) is 145 Å². The highest BCUT2D eigenvalue weighted by Crippen LogP contribution is 2.38. The van der Waals surface area contributed by atoms with E-state index < -0.39 is 48.4 Å². The first-order chi connectivity index (χ1) is 15.7. The summed E-state index contributed by atoms with van der Waals surface area (Å²) in [5.74, 6) is -2.58. The summed E-state index contributed by atoms with van der Waals surface area (Å²) < 4.78 is 28.2. The molecule has 0 aliphatic carbocycles. The van der Waals surface area contributed by atoms with Gasteiger partial charge in [0.2, 0.25) is 0 Å². The third-order valence-corrected chi connectivity index (χ3v) is 5.38. The predicted molar refractivity (Wildman–Crippen MR) is 111 cm³/mol. The molecule has 3 rings (SSSR count). The van der Waals surface area contributed by atoms with Crippen molar-refractivity contribution in [3.05, 3.63) is 23.2 Å². The zero-order valence-electron chi connectivity index (χ0n) is 18.4. The van der Waals surface area contributed by atoms with Crippen LogP contribution in [0.4, 0.5) is 0 Å². The minimum atomic E-state index is -1.16. The van der Waals surface area contributed by atoms with Gasteiger partial charge in [-0.3, -0.25) is 14.4 Å². The average molecular weight is 481 g/mol. The van der Waals surface area contributed by atoms with E-state index in [-0.39, 0.29) is 24.6 Å². The Morgan fingerprint density at radius 3 is 2.33 bits per heavy atom. The van der Waals surface area contributed by atoms with Crippen molar-refractivity contribution in [3.63, 3.8) is 0 Å². The number of esters is 4. The molecule has 0 aromatic carbocycles. The zero-order chi connectivity index (χ0) is 24.1. The van der Waals surface area contributed by atoms with E-state index in [4.69, 9.17) is 23.7 Å². The highest BCUT2D eigenvalue weighted by atomic mass is 32.1. The molecule has 1 aliphatic rings. The second kappa shape index (κ2) is 10.5. The molecule has 0 bridgehead atoms. The lowest BCUT2D eigenvalue weighted by atomic mass is 10.1. The molecular weight excluding hydrogens is 458 g/mol. The Balaban J connectivity index is 2.08. The number of carbonyl (C=O) groups excluding carboxylic acids is 4. The lowest BCUT2D eigenvalue weighted by molar-refractivity contribution is -0.166. The van der Waals surface area contributed by atoms with E-state index in [2.05, 4.69) is 10.3 Å². The summed E-state index contributed by atoms with van der Waals surface area (Å²) in [7, 11) is 0. The van der Waals surface area contributed by atoms with E-state index >= 15 is 0 Å². The van der Waals surface area contributed by atoms with Crippen molar-refractivity contribution in [2.75, 3.05) is 13.2 Å². The van der Waals surface area contributed by atoms with Crippen LogP contribution in [-0.4, -0.2) is 70.4 Å². The Kier molecular flexibility index (Phi) is 7.76. The molecule has 0 saturated carbocycles. The monoisotopic (exact) mass is 481 g/mol. The Labute approximate surface area is 192 Å². The third-order valence-electron chi connectivity index (χ3n) is 4.50. The largest absolute Gasteiger partial charge is 0.463 e. The Bertz CT molecular complexity index is 1020. The van der Waals surface area contributed by atoms with Crippen molar-refractivity contribution in [1.82, 2.24) is 15.0 Å². The van der Waals surface area contributed by atoms with Crippen molar-refractivity contribution in [3.8, 4) is 10.6 Å². The van der Waals surface area contributed by atoms with E-state index in [9.17, 15) is 19.2 Å². The van der Waals surface area contributed by atoms with Crippen LogP contribution in [0.25, 0.3) is 10.6 Å². The van der Waals surface area contributed by atoms with Crippen LogP contribution in [0.15, 0.2) is 17.5 Å². The van der Waals surface area contributed by atoms with Gasteiger partial charge < -0.3 is 23.7 Å². The van der Waals surface area contributed by atoms with E-state index in [0.717, 1.165) is 0 Å². The highest BCUT2D eigenvalue weighted by molar-refractivity contribution is 7.13. The number of thiophene rings is 1. The van der Waals surface area contributed by atoms with Gasteiger partial charge in [-0.15, -0.1) is 16.4 Å². The van der Waals surface area contributed by atoms with Crippen LogP contribution < -0.4 is 0 Å². The SMILES string of the molecule is CCOC(=O)c1nnn([C@@H]2O[C@H](COC(C)=O)[C@@H](OC(C)=O)[C@H]2OC(C)=O)c1-c1cccs1. The number of ether oxygens (including phenoxy) is 5. The second-order valence-corrected chi connectivity index (χ2v) is 7.89. The minimum Gasteiger partial charge on any atom is -0.463 e. The molecule has 1 fully saturated rings. The van der Waals surface area contributed by atoms with Gasteiger partial charge in [0.15, 0.2) is 24.1 Å². The summed E-state index contributed by atoms with van der Waals surface area (Å²) in [6.45, 7) is 5.11. The molecular formula is C20H23N3O9S. The fourth-order valence-electron chi connectivity index (χ4n) is 3.34. The molecule has 2 aromatic heterocycles. The number of hydrogen-bond acceptors (Lipinski definition) is 12. The van der Waals surface area contributed by atoms with Crippen LogP contribution in [0.3, 0.4) is 0 Å². The van der Waals surface area contributed by atoms with Gasteiger partial charge in [0.1, 0.15) is 18.4 Å². The fourth-order valence-corrected chi connectivity index (χ4v) is 4.10. The average Bonchev–Trinajstić information content (AvgIpc) is 3.45. The van der Waals surface area contributed by atoms with E-state index in [1.54, 1.807) is 24.4 Å². The smallest absolute Gasteiger partial charge is 0.361 e. The highest BCUT2D eigenvalue weighted by Gasteiger charge is 2.52. The summed E-state index contributed by atoms with van der Waals surface area (Å²) in [6.07, 6.45) is -4.39. The maximum absolute atomic E-state index is 12.5. The van der Waals surface area contributed by atoms with Crippen LogP contribution in [0.5, 0.6) is 0 Å². The summed E-state index contributed by atoms with van der Waals surface area (Å²) in [5.41, 5.74) is 0.220. The zero-order valence-corrected chi connectivity index (χ0v) is 19.2. The van der Waals surface area contributed by atoms with Gasteiger partial charge in [-0.05, 0) is 18.4 Å². The van der Waals surface area contributed by atoms with Crippen molar-refractivity contribution < 1.29 is 42.9 Å². The number of nitrogens with zero attached hydrogens (tertiary/aromatic N) is 3. The Hall–Kier alpha value is -3.32. The van der Waals surface area contributed by atoms with Gasteiger partial charge in [-0.1, -0.05) is 11.3 Å². The Morgan fingerprint density at radius 1 is 1.06 bits per heavy atom. The maximum Gasteiger partial charge on any atom is 0.361 e. The molecule has 13 heteroatoms. The van der Waals surface area contributed by atoms with Gasteiger partial charge in [-0.25, -0.2) is 9.48 Å². The van der Waals surface area contributed by atoms with Gasteiger partial charge in [-0.2, -0.15) is 0 Å². The van der Waals surface area contributed by atoms with Crippen molar-refractivity contribution in [2.45, 2.75) is 52.2 Å². The number of hydrogen-bond donors (Lipinski definition) is 0.